The van der Waals surface area contributed by atoms with Crippen LogP contribution >= 0.6 is 0 Å². The van der Waals surface area contributed by atoms with Crippen LogP contribution in [0.1, 0.15) is 38.9 Å². The van der Waals surface area contributed by atoms with Gasteiger partial charge in [-0.15, -0.1) is 10.2 Å². The standard InChI is InChI=1S/C11H21N5O2S/c1-3-15-9-12-14-11(15)8-13-19(17,18)16-7-5-4-6-10(16)2/h9-10,13H,3-8H2,1-2H3. The van der Waals surface area contributed by atoms with Gasteiger partial charge in [0.2, 0.25) is 0 Å². The molecule has 108 valence electrons. The maximum Gasteiger partial charge on any atom is 0.280 e. The normalized spacial score (nSPS) is 21.7. The number of nitrogens with one attached hydrogen (secondary N) is 1. The van der Waals surface area contributed by atoms with Crippen LogP contribution in [0.4, 0.5) is 0 Å². The van der Waals surface area contributed by atoms with E-state index in [1.165, 1.54) is 0 Å². The summed E-state index contributed by atoms with van der Waals surface area (Å²) < 4.78 is 30.5. The molecule has 0 amide bonds. The molecule has 1 fully saturated rings. The largest absolute Gasteiger partial charge is 0.317 e. The molecular weight excluding hydrogens is 266 g/mol. The van der Waals surface area contributed by atoms with Gasteiger partial charge in [-0.05, 0) is 26.7 Å². The second-order valence-corrected chi connectivity index (χ2v) is 6.52. The summed E-state index contributed by atoms with van der Waals surface area (Å²) in [7, 11) is -3.43. The van der Waals surface area contributed by atoms with Gasteiger partial charge in [0.15, 0.2) is 0 Å². The Morgan fingerprint density at radius 2 is 2.26 bits per heavy atom. The summed E-state index contributed by atoms with van der Waals surface area (Å²) in [6.07, 6.45) is 4.55. The number of aromatic nitrogens is 3. The Labute approximate surface area is 114 Å². The van der Waals surface area contributed by atoms with Crippen molar-refractivity contribution >= 4 is 10.2 Å². The number of piperidine rings is 1. The Morgan fingerprint density at radius 3 is 2.95 bits per heavy atom. The summed E-state index contributed by atoms with van der Waals surface area (Å²) in [5, 5.41) is 7.71. The van der Waals surface area contributed by atoms with E-state index >= 15 is 0 Å². The van der Waals surface area contributed by atoms with Gasteiger partial charge in [0, 0.05) is 19.1 Å². The van der Waals surface area contributed by atoms with E-state index in [1.807, 2.05) is 18.4 Å². The SMILES string of the molecule is CCn1cnnc1CNS(=O)(=O)N1CCCCC1C. The van der Waals surface area contributed by atoms with Gasteiger partial charge in [-0.25, -0.2) is 0 Å². The van der Waals surface area contributed by atoms with E-state index in [0.717, 1.165) is 25.8 Å². The molecule has 0 spiro atoms. The molecule has 19 heavy (non-hydrogen) atoms. The summed E-state index contributed by atoms with van der Waals surface area (Å²) in [5.41, 5.74) is 0. The summed E-state index contributed by atoms with van der Waals surface area (Å²) in [4.78, 5) is 0. The molecule has 0 aliphatic carbocycles. The highest BCUT2D eigenvalue weighted by atomic mass is 32.2. The molecule has 1 unspecified atom stereocenters. The Bertz CT molecular complexity index is 513. The fourth-order valence-electron chi connectivity index (χ4n) is 2.35. The van der Waals surface area contributed by atoms with Crippen LogP contribution < -0.4 is 4.72 Å². The minimum Gasteiger partial charge on any atom is -0.317 e. The summed E-state index contributed by atoms with van der Waals surface area (Å²) in [6.45, 7) is 5.42. The van der Waals surface area contributed by atoms with E-state index in [2.05, 4.69) is 14.9 Å². The smallest absolute Gasteiger partial charge is 0.280 e. The zero-order valence-corrected chi connectivity index (χ0v) is 12.2. The Morgan fingerprint density at radius 1 is 1.47 bits per heavy atom. The van der Waals surface area contributed by atoms with E-state index < -0.39 is 10.2 Å². The molecule has 8 heteroatoms. The first-order valence-electron chi connectivity index (χ1n) is 6.67. The van der Waals surface area contributed by atoms with Gasteiger partial charge in [-0.3, -0.25) is 0 Å². The van der Waals surface area contributed by atoms with Gasteiger partial charge in [-0.1, -0.05) is 6.42 Å². The van der Waals surface area contributed by atoms with Crippen molar-refractivity contribution in [1.82, 2.24) is 23.8 Å². The molecule has 0 saturated carbocycles. The van der Waals surface area contributed by atoms with Crippen molar-refractivity contribution < 1.29 is 8.42 Å². The first-order valence-corrected chi connectivity index (χ1v) is 8.11. The number of hydrogen-bond donors (Lipinski definition) is 1. The van der Waals surface area contributed by atoms with Crippen LogP contribution in [0.5, 0.6) is 0 Å². The van der Waals surface area contributed by atoms with E-state index in [0.29, 0.717) is 12.4 Å². The molecular formula is C11H21N5O2S. The molecule has 0 radical (unpaired) electrons. The van der Waals surface area contributed by atoms with Gasteiger partial charge in [-0.2, -0.15) is 17.4 Å². The van der Waals surface area contributed by atoms with Crippen molar-refractivity contribution in [2.75, 3.05) is 6.54 Å². The van der Waals surface area contributed by atoms with Crippen molar-refractivity contribution in [3.63, 3.8) is 0 Å². The number of nitrogens with zero attached hydrogens (tertiary/aromatic N) is 4. The van der Waals surface area contributed by atoms with Gasteiger partial charge in [0.25, 0.3) is 10.2 Å². The van der Waals surface area contributed by atoms with Crippen LogP contribution in [0.2, 0.25) is 0 Å². The van der Waals surface area contributed by atoms with Crippen LogP contribution in [-0.4, -0.2) is 40.1 Å². The molecule has 2 heterocycles. The molecule has 1 N–H and O–H groups in total. The second kappa shape index (κ2) is 5.98. The molecule has 1 aromatic heterocycles. The first-order chi connectivity index (χ1) is 9.04. The maximum atomic E-state index is 12.2. The van der Waals surface area contributed by atoms with E-state index in [1.54, 1.807) is 10.6 Å². The number of aryl methyl sites for hydroxylation is 1. The number of rotatable bonds is 5. The lowest BCUT2D eigenvalue weighted by molar-refractivity contribution is 0.265. The van der Waals surface area contributed by atoms with Crippen LogP contribution in [0.15, 0.2) is 6.33 Å². The summed E-state index contributed by atoms with van der Waals surface area (Å²) in [5.74, 6) is 0.635. The third-order valence-corrected chi connectivity index (χ3v) is 5.17. The van der Waals surface area contributed by atoms with Gasteiger partial charge < -0.3 is 4.57 Å². The van der Waals surface area contributed by atoms with Gasteiger partial charge in [0.05, 0.1) is 6.54 Å². The average Bonchev–Trinajstić information content (AvgIpc) is 2.84. The lowest BCUT2D eigenvalue weighted by Crippen LogP contribution is -2.47. The van der Waals surface area contributed by atoms with Crippen LogP contribution in [0.25, 0.3) is 0 Å². The van der Waals surface area contributed by atoms with E-state index in [-0.39, 0.29) is 12.6 Å². The molecule has 0 bridgehead atoms. The van der Waals surface area contributed by atoms with Crippen LogP contribution in [0.3, 0.4) is 0 Å². The highest BCUT2D eigenvalue weighted by Crippen LogP contribution is 2.19. The van der Waals surface area contributed by atoms with Crippen molar-refractivity contribution in [2.45, 2.75) is 52.2 Å². The zero-order chi connectivity index (χ0) is 13.9. The monoisotopic (exact) mass is 287 g/mol. The second-order valence-electron chi connectivity index (χ2n) is 4.81. The van der Waals surface area contributed by atoms with Gasteiger partial charge >= 0.3 is 0 Å². The van der Waals surface area contributed by atoms with Crippen LogP contribution in [0, 0.1) is 0 Å². The molecule has 7 nitrogen and oxygen atoms in total. The third-order valence-electron chi connectivity index (χ3n) is 3.50. The molecule has 0 aromatic carbocycles. The minimum atomic E-state index is -3.43. The van der Waals surface area contributed by atoms with Crippen molar-refractivity contribution in [3.05, 3.63) is 12.2 Å². The maximum absolute atomic E-state index is 12.2. The molecule has 1 saturated heterocycles. The van der Waals surface area contributed by atoms with Gasteiger partial charge in [0.1, 0.15) is 12.2 Å². The summed E-state index contributed by atoms with van der Waals surface area (Å²) >= 11 is 0. The Kier molecular flexibility index (Phi) is 4.54. The number of hydrogen-bond acceptors (Lipinski definition) is 4. The molecule has 1 atom stereocenters. The lowest BCUT2D eigenvalue weighted by atomic mass is 10.1. The topological polar surface area (TPSA) is 80.1 Å². The fraction of sp³-hybridized carbons (Fsp3) is 0.818. The highest BCUT2D eigenvalue weighted by molar-refractivity contribution is 7.87. The minimum absolute atomic E-state index is 0.0651. The van der Waals surface area contributed by atoms with E-state index in [4.69, 9.17) is 0 Å². The Hall–Kier alpha value is -0.990. The van der Waals surface area contributed by atoms with Crippen LogP contribution in [-0.2, 0) is 23.3 Å². The highest BCUT2D eigenvalue weighted by Gasteiger charge is 2.29. The molecule has 2 rings (SSSR count). The third kappa shape index (κ3) is 3.31. The van der Waals surface area contributed by atoms with Crippen molar-refractivity contribution in [1.29, 1.82) is 0 Å². The van der Waals surface area contributed by atoms with Crippen molar-refractivity contribution in [2.24, 2.45) is 0 Å². The average molecular weight is 287 g/mol. The Balaban J connectivity index is 2.01. The predicted octanol–water partition coefficient (Wildman–Crippen LogP) is 0.507. The summed E-state index contributed by atoms with van der Waals surface area (Å²) in [6, 6.07) is 0.0651. The van der Waals surface area contributed by atoms with E-state index in [9.17, 15) is 8.42 Å². The lowest BCUT2D eigenvalue weighted by Gasteiger charge is -2.32. The van der Waals surface area contributed by atoms with Crippen molar-refractivity contribution in [3.8, 4) is 0 Å². The fourth-order valence-corrected chi connectivity index (χ4v) is 3.77. The molecule has 1 aliphatic heterocycles. The quantitative estimate of drug-likeness (QED) is 0.855. The first kappa shape index (κ1) is 14.4. The predicted molar refractivity (Wildman–Crippen MR) is 71.5 cm³/mol. The zero-order valence-electron chi connectivity index (χ0n) is 11.4. The molecule has 1 aliphatic rings. The molecule has 1 aromatic rings.